The zero-order valence-corrected chi connectivity index (χ0v) is 14.7. The maximum atomic E-state index is 12.2. The van der Waals surface area contributed by atoms with Gasteiger partial charge in [0.2, 0.25) is 11.0 Å². The molecule has 3 rings (SSSR count). The number of carbonyl (C=O) groups is 2. The molecule has 2 heterocycles. The van der Waals surface area contributed by atoms with Gasteiger partial charge in [-0.15, -0.1) is 10.2 Å². The molecule has 0 fully saturated rings. The summed E-state index contributed by atoms with van der Waals surface area (Å²) in [6.45, 7) is 1.68. The number of nitrogens with one attached hydrogen (secondary N) is 2. The lowest BCUT2D eigenvalue weighted by Gasteiger charge is -2.13. The van der Waals surface area contributed by atoms with Crippen molar-refractivity contribution in [2.24, 2.45) is 0 Å². The van der Waals surface area contributed by atoms with Crippen LogP contribution < -0.4 is 10.6 Å². The maximum Gasteiger partial charge on any atom is 0.408 e. The van der Waals surface area contributed by atoms with Crippen LogP contribution in [0.4, 0.5) is 9.93 Å². The number of hydrogen-bond acceptors (Lipinski definition) is 7. The van der Waals surface area contributed by atoms with Crippen molar-refractivity contribution in [3.8, 4) is 10.8 Å². The van der Waals surface area contributed by atoms with Crippen LogP contribution in [0.5, 0.6) is 0 Å². The number of nitrogens with zero attached hydrogens (tertiary/aromatic N) is 2. The number of benzene rings is 1. The van der Waals surface area contributed by atoms with Crippen LogP contribution in [0.2, 0.25) is 0 Å². The first-order valence-electron chi connectivity index (χ1n) is 7.77. The molecule has 0 aliphatic heterocycles. The monoisotopic (exact) mass is 372 g/mol. The van der Waals surface area contributed by atoms with Gasteiger partial charge in [-0.25, -0.2) is 4.79 Å². The van der Waals surface area contributed by atoms with Crippen LogP contribution in [-0.4, -0.2) is 28.2 Å². The summed E-state index contributed by atoms with van der Waals surface area (Å²) in [7, 11) is 0. The Bertz CT molecular complexity index is 864. The molecule has 8 nitrogen and oxygen atoms in total. The third kappa shape index (κ3) is 4.67. The third-order valence-corrected chi connectivity index (χ3v) is 4.18. The van der Waals surface area contributed by atoms with Crippen molar-refractivity contribution in [1.82, 2.24) is 15.5 Å². The van der Waals surface area contributed by atoms with Crippen molar-refractivity contribution in [1.29, 1.82) is 0 Å². The van der Waals surface area contributed by atoms with Crippen LogP contribution in [0.3, 0.4) is 0 Å². The van der Waals surface area contributed by atoms with E-state index in [1.807, 2.05) is 30.3 Å². The number of hydrogen-bond donors (Lipinski definition) is 2. The van der Waals surface area contributed by atoms with Gasteiger partial charge in [0.15, 0.2) is 10.8 Å². The Kier molecular flexibility index (Phi) is 5.59. The minimum atomic E-state index is -0.797. The van der Waals surface area contributed by atoms with Gasteiger partial charge in [-0.1, -0.05) is 41.7 Å². The van der Waals surface area contributed by atoms with Gasteiger partial charge < -0.3 is 14.5 Å². The molecule has 0 saturated carbocycles. The lowest BCUT2D eigenvalue weighted by molar-refractivity contribution is -0.117. The second-order valence-corrected chi connectivity index (χ2v) is 6.28. The fourth-order valence-corrected chi connectivity index (χ4v) is 2.71. The number of rotatable bonds is 6. The molecule has 26 heavy (non-hydrogen) atoms. The Morgan fingerprint density at radius 2 is 2.00 bits per heavy atom. The number of amides is 2. The molecule has 0 spiro atoms. The quantitative estimate of drug-likeness (QED) is 0.689. The summed E-state index contributed by atoms with van der Waals surface area (Å²) in [5.41, 5.74) is 0.860. The Morgan fingerprint density at radius 3 is 2.73 bits per heavy atom. The van der Waals surface area contributed by atoms with E-state index in [4.69, 9.17) is 9.15 Å². The lowest BCUT2D eigenvalue weighted by atomic mass is 10.2. The smallest absolute Gasteiger partial charge is 0.408 e. The molecule has 3 aromatic rings. The second kappa shape index (κ2) is 8.26. The van der Waals surface area contributed by atoms with Gasteiger partial charge in [-0.05, 0) is 24.6 Å². The average molecular weight is 372 g/mol. The summed E-state index contributed by atoms with van der Waals surface area (Å²) in [6.07, 6.45) is 0.854. The van der Waals surface area contributed by atoms with E-state index in [1.54, 1.807) is 19.1 Å². The van der Waals surface area contributed by atoms with Gasteiger partial charge in [0.25, 0.3) is 0 Å². The summed E-state index contributed by atoms with van der Waals surface area (Å²) in [6, 6.07) is 12.0. The topological polar surface area (TPSA) is 106 Å². The van der Waals surface area contributed by atoms with E-state index in [0.29, 0.717) is 15.9 Å². The van der Waals surface area contributed by atoms with Gasteiger partial charge >= 0.3 is 6.09 Å². The van der Waals surface area contributed by atoms with E-state index in [-0.39, 0.29) is 6.61 Å². The molecule has 0 saturated heterocycles. The number of ether oxygens (including phenoxy) is 1. The lowest BCUT2D eigenvalue weighted by Crippen LogP contribution is -2.41. The molecule has 0 aliphatic carbocycles. The Labute approximate surface area is 153 Å². The predicted molar refractivity (Wildman–Crippen MR) is 95.5 cm³/mol. The summed E-state index contributed by atoms with van der Waals surface area (Å²) < 4.78 is 10.3. The van der Waals surface area contributed by atoms with Gasteiger partial charge in [-0.2, -0.15) is 0 Å². The summed E-state index contributed by atoms with van der Waals surface area (Å²) in [5.74, 6) is 0.141. The predicted octanol–water partition coefficient (Wildman–Crippen LogP) is 3.05. The normalized spacial score (nSPS) is 11.6. The van der Waals surface area contributed by atoms with E-state index in [9.17, 15) is 9.59 Å². The third-order valence-electron chi connectivity index (χ3n) is 3.33. The van der Waals surface area contributed by atoms with Gasteiger partial charge in [0.05, 0.1) is 6.26 Å². The van der Waals surface area contributed by atoms with Gasteiger partial charge in [0.1, 0.15) is 12.6 Å². The maximum absolute atomic E-state index is 12.2. The molecule has 0 bridgehead atoms. The minimum Gasteiger partial charge on any atom is -0.462 e. The van der Waals surface area contributed by atoms with E-state index in [1.165, 1.54) is 17.6 Å². The van der Waals surface area contributed by atoms with Crippen molar-refractivity contribution in [3.63, 3.8) is 0 Å². The van der Waals surface area contributed by atoms with E-state index >= 15 is 0 Å². The van der Waals surface area contributed by atoms with Crippen LogP contribution >= 0.6 is 11.3 Å². The highest BCUT2D eigenvalue weighted by Gasteiger charge is 2.19. The Hall–Kier alpha value is -3.20. The van der Waals surface area contributed by atoms with Crippen molar-refractivity contribution in [2.75, 3.05) is 5.32 Å². The fraction of sp³-hybridized carbons (Fsp3) is 0.176. The number of alkyl carbamates (subject to hydrolysis) is 1. The number of furan rings is 1. The molecule has 2 aromatic heterocycles. The van der Waals surface area contributed by atoms with Gasteiger partial charge in [0, 0.05) is 0 Å². The number of aromatic nitrogens is 2. The molecular weight excluding hydrogens is 356 g/mol. The standard InChI is InChI=1S/C17H16N4O4S/c1-11(18-17(23)25-10-12-6-3-2-4-7-12)14(22)19-16-21-20-15(26-16)13-8-5-9-24-13/h2-9,11H,10H2,1H3,(H,18,23)(H,19,21,22)/t11-/m0/s1. The molecule has 1 aromatic carbocycles. The Morgan fingerprint density at radius 1 is 1.19 bits per heavy atom. The summed E-state index contributed by atoms with van der Waals surface area (Å²) >= 11 is 1.17. The highest BCUT2D eigenvalue weighted by molar-refractivity contribution is 7.18. The van der Waals surface area contributed by atoms with E-state index in [2.05, 4.69) is 20.8 Å². The minimum absolute atomic E-state index is 0.129. The zero-order chi connectivity index (χ0) is 18.4. The van der Waals surface area contributed by atoms with E-state index in [0.717, 1.165) is 5.56 Å². The fourth-order valence-electron chi connectivity index (χ4n) is 1.99. The van der Waals surface area contributed by atoms with Crippen molar-refractivity contribution < 1.29 is 18.7 Å². The van der Waals surface area contributed by atoms with Crippen LogP contribution in [0, 0.1) is 0 Å². The summed E-state index contributed by atoms with van der Waals surface area (Å²) in [4.78, 5) is 23.9. The Balaban J connectivity index is 1.47. The van der Waals surface area contributed by atoms with Crippen molar-refractivity contribution in [2.45, 2.75) is 19.6 Å². The molecule has 0 aliphatic rings. The zero-order valence-electron chi connectivity index (χ0n) is 13.8. The molecule has 0 unspecified atom stereocenters. The number of anilines is 1. The molecule has 1 atom stereocenters. The number of carbonyl (C=O) groups excluding carboxylic acids is 2. The van der Waals surface area contributed by atoms with Crippen molar-refractivity contribution >= 4 is 28.5 Å². The van der Waals surface area contributed by atoms with Crippen LogP contribution in [0.1, 0.15) is 12.5 Å². The van der Waals surface area contributed by atoms with Crippen LogP contribution in [0.25, 0.3) is 10.8 Å². The molecule has 134 valence electrons. The second-order valence-electron chi connectivity index (χ2n) is 5.31. The highest BCUT2D eigenvalue weighted by Crippen LogP contribution is 2.26. The molecule has 0 radical (unpaired) electrons. The largest absolute Gasteiger partial charge is 0.462 e. The first-order valence-corrected chi connectivity index (χ1v) is 8.59. The van der Waals surface area contributed by atoms with E-state index < -0.39 is 18.0 Å². The molecule has 9 heteroatoms. The van der Waals surface area contributed by atoms with Crippen LogP contribution in [-0.2, 0) is 16.1 Å². The first kappa shape index (κ1) is 17.6. The molecule has 2 amide bonds. The van der Waals surface area contributed by atoms with Crippen molar-refractivity contribution in [3.05, 3.63) is 54.3 Å². The highest BCUT2D eigenvalue weighted by atomic mass is 32.1. The van der Waals surface area contributed by atoms with Gasteiger partial charge in [-0.3, -0.25) is 10.1 Å². The average Bonchev–Trinajstić information content (AvgIpc) is 3.32. The summed E-state index contributed by atoms with van der Waals surface area (Å²) in [5, 5.41) is 13.8. The first-order chi connectivity index (χ1) is 12.6. The molecular formula is C17H16N4O4S. The SMILES string of the molecule is C[C@H](NC(=O)OCc1ccccc1)C(=O)Nc1nnc(-c2ccco2)s1. The van der Waals surface area contributed by atoms with Crippen LogP contribution in [0.15, 0.2) is 53.1 Å². The molecule has 2 N–H and O–H groups in total.